The lowest BCUT2D eigenvalue weighted by atomic mass is 10.0. The highest BCUT2D eigenvalue weighted by molar-refractivity contribution is 5.85. The van der Waals surface area contributed by atoms with Crippen molar-refractivity contribution in [3.05, 3.63) is 23.7 Å². The van der Waals surface area contributed by atoms with Crippen LogP contribution in [0.4, 0.5) is 4.79 Å². The fourth-order valence-electron chi connectivity index (χ4n) is 1.76. The van der Waals surface area contributed by atoms with Crippen LogP contribution in [0.5, 0.6) is 0 Å². The number of aliphatic hydroxyl groups excluding tert-OH is 1. The average molecular weight is 298 g/mol. The van der Waals surface area contributed by atoms with Gasteiger partial charge in [0.1, 0.15) is 23.7 Å². The number of alkyl carbamates (subject to hydrolysis) is 1. The molecule has 1 heterocycles. The van der Waals surface area contributed by atoms with Gasteiger partial charge >= 0.3 is 6.09 Å². The molecule has 7 nitrogen and oxygen atoms in total. The third-order valence-electron chi connectivity index (χ3n) is 2.97. The van der Waals surface area contributed by atoms with Gasteiger partial charge in [-0.15, -0.1) is 0 Å². The van der Waals surface area contributed by atoms with Crippen molar-refractivity contribution >= 4 is 12.0 Å². The number of carbonyl (C=O) groups excluding carboxylic acids is 2. The van der Waals surface area contributed by atoms with E-state index >= 15 is 0 Å². The number of methoxy groups -OCH3 is 1. The van der Waals surface area contributed by atoms with Gasteiger partial charge in [0.15, 0.2) is 0 Å². The van der Waals surface area contributed by atoms with Crippen LogP contribution in [0, 0.1) is 12.8 Å². The molecule has 2 atom stereocenters. The molecule has 1 aromatic heterocycles. The van der Waals surface area contributed by atoms with Crippen molar-refractivity contribution in [2.24, 2.45) is 5.92 Å². The van der Waals surface area contributed by atoms with Crippen LogP contribution in [0.25, 0.3) is 0 Å². The Labute approximate surface area is 123 Å². The van der Waals surface area contributed by atoms with E-state index in [0.29, 0.717) is 11.5 Å². The van der Waals surface area contributed by atoms with E-state index in [1.54, 1.807) is 32.9 Å². The third kappa shape index (κ3) is 5.11. The second-order valence-corrected chi connectivity index (χ2v) is 5.07. The first-order valence-electron chi connectivity index (χ1n) is 6.71. The number of carbonyl (C=O) groups is 2. The number of aliphatic hydroxyl groups is 1. The van der Waals surface area contributed by atoms with Crippen molar-refractivity contribution in [2.75, 3.05) is 13.7 Å². The topological polar surface area (TPSA) is 101 Å². The first-order chi connectivity index (χ1) is 9.85. The molecule has 0 bridgehead atoms. The highest BCUT2D eigenvalue weighted by atomic mass is 16.5. The summed E-state index contributed by atoms with van der Waals surface area (Å²) in [6.45, 7) is 5.36. The standard InChI is InChI=1S/C14H22N2O5/c1-8(2)12(16-14(19)20-4)13(18)15-7-10(17)11-6-5-9(3)21-11/h5-6,8,10,12,17H,7H2,1-4H3,(H,15,18)(H,16,19)/t10?,12-/m0/s1. The van der Waals surface area contributed by atoms with Crippen LogP contribution in [0.15, 0.2) is 16.5 Å². The van der Waals surface area contributed by atoms with Crippen molar-refractivity contribution in [1.29, 1.82) is 0 Å². The lowest BCUT2D eigenvalue weighted by molar-refractivity contribution is -0.124. The molecule has 1 unspecified atom stereocenters. The number of nitrogens with one attached hydrogen (secondary N) is 2. The Hall–Kier alpha value is -2.02. The zero-order valence-electron chi connectivity index (χ0n) is 12.7. The zero-order chi connectivity index (χ0) is 16.0. The molecule has 3 N–H and O–H groups in total. The van der Waals surface area contributed by atoms with Crippen LogP contribution in [-0.4, -0.2) is 36.8 Å². The van der Waals surface area contributed by atoms with Crippen molar-refractivity contribution in [3.8, 4) is 0 Å². The normalized spacial score (nSPS) is 13.6. The number of hydrogen-bond donors (Lipinski definition) is 3. The Morgan fingerprint density at radius 1 is 1.38 bits per heavy atom. The molecule has 1 rings (SSSR count). The summed E-state index contributed by atoms with van der Waals surface area (Å²) in [4.78, 5) is 23.3. The molecule has 0 radical (unpaired) electrons. The van der Waals surface area contributed by atoms with E-state index in [4.69, 9.17) is 4.42 Å². The Balaban J connectivity index is 2.55. The predicted octanol–water partition coefficient (Wildman–Crippen LogP) is 1.12. The SMILES string of the molecule is COC(=O)N[C@H](C(=O)NCC(O)c1ccc(C)o1)C(C)C. The Kier molecular flexibility index (Phi) is 6.23. The van der Waals surface area contributed by atoms with E-state index < -0.39 is 24.1 Å². The molecule has 21 heavy (non-hydrogen) atoms. The molecule has 0 saturated heterocycles. The van der Waals surface area contributed by atoms with Crippen LogP contribution in [0.1, 0.15) is 31.5 Å². The molecule has 0 aliphatic rings. The first kappa shape index (κ1) is 17.0. The largest absolute Gasteiger partial charge is 0.464 e. The van der Waals surface area contributed by atoms with E-state index in [0.717, 1.165) is 0 Å². The minimum atomic E-state index is -0.936. The summed E-state index contributed by atoms with van der Waals surface area (Å²) in [5, 5.41) is 14.9. The number of amides is 2. The second kappa shape index (κ2) is 7.68. The summed E-state index contributed by atoms with van der Waals surface area (Å²) in [5.74, 6) is 0.558. The second-order valence-electron chi connectivity index (χ2n) is 5.07. The third-order valence-corrected chi connectivity index (χ3v) is 2.97. The quantitative estimate of drug-likeness (QED) is 0.730. The van der Waals surface area contributed by atoms with Crippen molar-refractivity contribution in [1.82, 2.24) is 10.6 Å². The minimum Gasteiger partial charge on any atom is -0.464 e. The monoisotopic (exact) mass is 298 g/mol. The molecule has 0 aromatic carbocycles. The van der Waals surface area contributed by atoms with Gasteiger partial charge in [0.25, 0.3) is 0 Å². The van der Waals surface area contributed by atoms with Crippen LogP contribution in [-0.2, 0) is 9.53 Å². The lowest BCUT2D eigenvalue weighted by Crippen LogP contribution is -2.50. The van der Waals surface area contributed by atoms with E-state index in [2.05, 4.69) is 15.4 Å². The van der Waals surface area contributed by atoms with Crippen molar-refractivity contribution in [3.63, 3.8) is 0 Å². The molecule has 0 aliphatic carbocycles. The van der Waals surface area contributed by atoms with Crippen LogP contribution in [0.2, 0.25) is 0 Å². The van der Waals surface area contributed by atoms with Gasteiger partial charge in [-0.2, -0.15) is 0 Å². The van der Waals surface area contributed by atoms with E-state index in [1.165, 1.54) is 7.11 Å². The molecule has 0 fully saturated rings. The zero-order valence-corrected chi connectivity index (χ0v) is 12.7. The highest BCUT2D eigenvalue weighted by Gasteiger charge is 2.25. The van der Waals surface area contributed by atoms with Crippen LogP contribution >= 0.6 is 0 Å². The van der Waals surface area contributed by atoms with Crippen molar-refractivity contribution < 1.29 is 23.8 Å². The van der Waals surface area contributed by atoms with Crippen molar-refractivity contribution in [2.45, 2.75) is 32.9 Å². The number of ether oxygens (including phenoxy) is 1. The Morgan fingerprint density at radius 2 is 2.05 bits per heavy atom. The summed E-state index contributed by atoms with van der Waals surface area (Å²) >= 11 is 0. The summed E-state index contributed by atoms with van der Waals surface area (Å²) in [7, 11) is 1.23. The van der Waals surface area contributed by atoms with Gasteiger partial charge in [0.05, 0.1) is 13.7 Å². The highest BCUT2D eigenvalue weighted by Crippen LogP contribution is 2.15. The maximum absolute atomic E-state index is 12.1. The van der Waals surface area contributed by atoms with Crippen LogP contribution < -0.4 is 10.6 Å². The number of furan rings is 1. The summed E-state index contributed by atoms with van der Waals surface area (Å²) in [6, 6.07) is 2.65. The molecule has 0 spiro atoms. The summed E-state index contributed by atoms with van der Waals surface area (Å²) < 4.78 is 9.76. The molecule has 1 aromatic rings. The Bertz CT molecular complexity index is 483. The number of rotatable bonds is 6. The molecule has 7 heteroatoms. The van der Waals surface area contributed by atoms with E-state index in [1.807, 2.05) is 0 Å². The summed E-state index contributed by atoms with van der Waals surface area (Å²) in [6.07, 6.45) is -1.61. The first-order valence-corrected chi connectivity index (χ1v) is 6.71. The molecule has 0 saturated carbocycles. The fraction of sp³-hybridized carbons (Fsp3) is 0.571. The van der Waals surface area contributed by atoms with Gasteiger partial charge in [-0.1, -0.05) is 13.8 Å². The van der Waals surface area contributed by atoms with Gasteiger partial charge in [-0.3, -0.25) is 4.79 Å². The smallest absolute Gasteiger partial charge is 0.407 e. The fourth-order valence-corrected chi connectivity index (χ4v) is 1.76. The van der Waals surface area contributed by atoms with Gasteiger partial charge in [0.2, 0.25) is 5.91 Å². The molecule has 0 aliphatic heterocycles. The minimum absolute atomic E-state index is 0.00212. The maximum atomic E-state index is 12.1. The molecular weight excluding hydrogens is 276 g/mol. The van der Waals surface area contributed by atoms with Gasteiger partial charge < -0.3 is 24.9 Å². The van der Waals surface area contributed by atoms with Gasteiger partial charge in [-0.05, 0) is 25.0 Å². The lowest BCUT2D eigenvalue weighted by Gasteiger charge is -2.21. The Morgan fingerprint density at radius 3 is 2.52 bits per heavy atom. The van der Waals surface area contributed by atoms with E-state index in [-0.39, 0.29) is 12.5 Å². The molecular formula is C14H22N2O5. The number of aryl methyl sites for hydroxylation is 1. The number of hydrogen-bond acceptors (Lipinski definition) is 5. The predicted molar refractivity (Wildman–Crippen MR) is 75.6 cm³/mol. The van der Waals surface area contributed by atoms with Gasteiger partial charge in [0, 0.05) is 0 Å². The van der Waals surface area contributed by atoms with Gasteiger partial charge in [-0.25, -0.2) is 4.79 Å². The summed E-state index contributed by atoms with van der Waals surface area (Å²) in [5.41, 5.74) is 0. The van der Waals surface area contributed by atoms with E-state index in [9.17, 15) is 14.7 Å². The average Bonchev–Trinajstić information content (AvgIpc) is 2.87. The van der Waals surface area contributed by atoms with Crippen LogP contribution in [0.3, 0.4) is 0 Å². The molecule has 118 valence electrons. The molecule has 2 amide bonds. The maximum Gasteiger partial charge on any atom is 0.407 e.